The van der Waals surface area contributed by atoms with Gasteiger partial charge in [0.1, 0.15) is 0 Å². The fourth-order valence-electron chi connectivity index (χ4n) is 3.81. The fourth-order valence-corrected chi connectivity index (χ4v) is 3.81. The van der Waals surface area contributed by atoms with Crippen LogP contribution in [0.1, 0.15) is 62.7 Å². The van der Waals surface area contributed by atoms with Crippen molar-refractivity contribution in [3.63, 3.8) is 0 Å². The van der Waals surface area contributed by atoms with Crippen LogP contribution in [0.4, 0.5) is 0 Å². The summed E-state index contributed by atoms with van der Waals surface area (Å²) in [5.41, 5.74) is 0.664. The van der Waals surface area contributed by atoms with Crippen molar-refractivity contribution >= 4 is 0 Å². The van der Waals surface area contributed by atoms with Gasteiger partial charge in [0.15, 0.2) is 11.6 Å². The number of aromatic amines is 1. The number of hydrogen-bond donors (Lipinski definition) is 1. The molecule has 1 saturated heterocycles. The van der Waals surface area contributed by atoms with Gasteiger partial charge in [-0.15, -0.1) is 0 Å². The lowest BCUT2D eigenvalue weighted by Gasteiger charge is -2.23. The molecule has 1 aliphatic carbocycles. The van der Waals surface area contributed by atoms with Gasteiger partial charge in [-0.05, 0) is 31.7 Å². The Morgan fingerprint density at radius 2 is 1.88 bits per heavy atom. The molecule has 0 unspecified atom stereocenters. The van der Waals surface area contributed by atoms with Gasteiger partial charge in [0, 0.05) is 25.2 Å². The molecule has 3 heterocycles. The van der Waals surface area contributed by atoms with Gasteiger partial charge in [-0.2, -0.15) is 5.10 Å². The van der Waals surface area contributed by atoms with E-state index in [2.05, 4.69) is 9.67 Å². The summed E-state index contributed by atoms with van der Waals surface area (Å²) >= 11 is 0. The van der Waals surface area contributed by atoms with Crippen molar-refractivity contribution in [3.8, 4) is 11.5 Å². The lowest BCUT2D eigenvalue weighted by Crippen LogP contribution is -2.18. The fraction of sp³-hybridized carbons (Fsp3) is 0.611. The van der Waals surface area contributed by atoms with Crippen molar-refractivity contribution in [1.29, 1.82) is 0 Å². The van der Waals surface area contributed by atoms with E-state index in [9.17, 15) is 4.79 Å². The summed E-state index contributed by atoms with van der Waals surface area (Å²) in [6.45, 7) is 1.56. The molecule has 2 aromatic rings. The highest BCUT2D eigenvalue weighted by atomic mass is 16.5. The molecule has 24 heavy (non-hydrogen) atoms. The van der Waals surface area contributed by atoms with Crippen LogP contribution in [0.5, 0.6) is 0 Å². The third-order valence-electron chi connectivity index (χ3n) is 5.16. The van der Waals surface area contributed by atoms with E-state index in [1.54, 1.807) is 6.07 Å². The predicted molar refractivity (Wildman–Crippen MR) is 91.0 cm³/mol. The van der Waals surface area contributed by atoms with Gasteiger partial charge in [0.05, 0.1) is 11.7 Å². The monoisotopic (exact) mass is 328 g/mol. The molecule has 6 nitrogen and oxygen atoms in total. The van der Waals surface area contributed by atoms with Crippen LogP contribution in [0.3, 0.4) is 0 Å². The summed E-state index contributed by atoms with van der Waals surface area (Å²) in [6.07, 6.45) is 8.00. The molecule has 0 spiro atoms. The molecule has 0 atom stereocenters. The number of nitrogens with one attached hydrogen (secondary N) is 1. The summed E-state index contributed by atoms with van der Waals surface area (Å²) in [5.74, 6) is 2.07. The third-order valence-corrected chi connectivity index (χ3v) is 5.16. The molecule has 0 bridgehead atoms. The zero-order valence-corrected chi connectivity index (χ0v) is 13.9. The molecule has 1 saturated carbocycles. The lowest BCUT2D eigenvalue weighted by molar-refractivity contribution is 0.0834. The van der Waals surface area contributed by atoms with Gasteiger partial charge in [-0.3, -0.25) is 4.79 Å². The summed E-state index contributed by atoms with van der Waals surface area (Å²) in [7, 11) is 0. The molecule has 1 aliphatic heterocycles. The van der Waals surface area contributed by atoms with E-state index in [0.717, 1.165) is 56.2 Å². The molecule has 0 aromatic carbocycles. The first kappa shape index (κ1) is 15.6. The minimum Gasteiger partial charge on any atom is -0.381 e. The molecular formula is C18H24N4O2. The van der Waals surface area contributed by atoms with Crippen LogP contribution in [0, 0.1) is 0 Å². The van der Waals surface area contributed by atoms with Crippen molar-refractivity contribution in [2.75, 3.05) is 13.2 Å². The molecule has 2 aliphatic rings. The van der Waals surface area contributed by atoms with Gasteiger partial charge >= 0.3 is 0 Å². The quantitative estimate of drug-likeness (QED) is 0.940. The molecule has 0 amide bonds. The summed E-state index contributed by atoms with van der Waals surface area (Å²) in [5, 5.41) is 4.89. The van der Waals surface area contributed by atoms with Gasteiger partial charge in [-0.25, -0.2) is 9.67 Å². The van der Waals surface area contributed by atoms with Crippen LogP contribution in [-0.2, 0) is 4.74 Å². The van der Waals surface area contributed by atoms with Gasteiger partial charge in [0.2, 0.25) is 5.56 Å². The maximum atomic E-state index is 11.7. The number of ether oxygens (including phenoxy) is 1. The third kappa shape index (κ3) is 3.15. The Balaban J connectivity index is 1.74. The van der Waals surface area contributed by atoms with Crippen LogP contribution >= 0.6 is 0 Å². The van der Waals surface area contributed by atoms with E-state index in [1.165, 1.54) is 25.3 Å². The Labute approximate surface area is 141 Å². The van der Waals surface area contributed by atoms with Crippen LogP contribution in [0.15, 0.2) is 23.0 Å². The van der Waals surface area contributed by atoms with E-state index in [1.807, 2.05) is 6.07 Å². The maximum Gasteiger partial charge on any atom is 0.248 e. The molecule has 6 heteroatoms. The number of rotatable bonds is 3. The SMILES string of the molecule is O=c1cccc(-c2nc(C3CCOCC3)nn2C2CCCCC2)[nH]1. The minimum absolute atomic E-state index is 0.0988. The van der Waals surface area contributed by atoms with Crippen LogP contribution in [-0.4, -0.2) is 33.0 Å². The van der Waals surface area contributed by atoms with Crippen molar-refractivity contribution in [1.82, 2.24) is 19.7 Å². The molecule has 1 N–H and O–H groups in total. The van der Waals surface area contributed by atoms with Crippen molar-refractivity contribution < 1.29 is 4.74 Å². The van der Waals surface area contributed by atoms with E-state index >= 15 is 0 Å². The average Bonchev–Trinajstić information content (AvgIpc) is 3.09. The Morgan fingerprint density at radius 1 is 1.08 bits per heavy atom. The van der Waals surface area contributed by atoms with Crippen molar-refractivity contribution in [2.45, 2.75) is 56.9 Å². The molecule has 4 rings (SSSR count). The Kier molecular flexibility index (Phi) is 4.47. The van der Waals surface area contributed by atoms with E-state index < -0.39 is 0 Å². The van der Waals surface area contributed by atoms with Gasteiger partial charge < -0.3 is 9.72 Å². The number of nitrogens with zero attached hydrogens (tertiary/aromatic N) is 3. The van der Waals surface area contributed by atoms with Crippen molar-refractivity contribution in [3.05, 3.63) is 34.4 Å². The second kappa shape index (κ2) is 6.89. The van der Waals surface area contributed by atoms with Crippen molar-refractivity contribution in [2.24, 2.45) is 0 Å². The minimum atomic E-state index is -0.0988. The van der Waals surface area contributed by atoms with Gasteiger partial charge in [-0.1, -0.05) is 25.3 Å². The number of hydrogen-bond acceptors (Lipinski definition) is 4. The van der Waals surface area contributed by atoms with E-state index in [4.69, 9.17) is 14.8 Å². The summed E-state index contributed by atoms with van der Waals surface area (Å²) in [4.78, 5) is 19.5. The smallest absolute Gasteiger partial charge is 0.248 e. The van der Waals surface area contributed by atoms with Crippen LogP contribution in [0.2, 0.25) is 0 Å². The summed E-state index contributed by atoms with van der Waals surface area (Å²) < 4.78 is 7.54. The Bertz CT molecular complexity index is 739. The standard InChI is InChI=1S/C18H24N4O2/c23-16-8-4-7-15(19-16)18-20-17(13-9-11-24-12-10-13)21-22(18)14-5-2-1-3-6-14/h4,7-8,13-14H,1-3,5-6,9-12H2,(H,19,23). The highest BCUT2D eigenvalue weighted by Crippen LogP contribution is 2.33. The van der Waals surface area contributed by atoms with Crippen LogP contribution in [0.25, 0.3) is 11.5 Å². The first-order valence-electron chi connectivity index (χ1n) is 9.05. The van der Waals surface area contributed by atoms with E-state index in [-0.39, 0.29) is 5.56 Å². The molecule has 2 fully saturated rings. The first-order valence-corrected chi connectivity index (χ1v) is 9.05. The second-order valence-electron chi connectivity index (χ2n) is 6.85. The first-order chi connectivity index (χ1) is 11.8. The normalized spacial score (nSPS) is 20.3. The predicted octanol–water partition coefficient (Wildman–Crippen LogP) is 3.03. The molecule has 2 aromatic heterocycles. The molecule has 0 radical (unpaired) electrons. The van der Waals surface area contributed by atoms with Crippen LogP contribution < -0.4 is 5.56 Å². The summed E-state index contributed by atoms with van der Waals surface area (Å²) in [6, 6.07) is 5.61. The highest BCUT2D eigenvalue weighted by molar-refractivity contribution is 5.49. The largest absolute Gasteiger partial charge is 0.381 e. The number of pyridine rings is 1. The Hall–Kier alpha value is -1.95. The topological polar surface area (TPSA) is 72.8 Å². The molecular weight excluding hydrogens is 304 g/mol. The highest BCUT2D eigenvalue weighted by Gasteiger charge is 2.26. The van der Waals surface area contributed by atoms with Gasteiger partial charge in [0.25, 0.3) is 0 Å². The number of aromatic nitrogens is 4. The zero-order valence-electron chi connectivity index (χ0n) is 13.9. The lowest BCUT2D eigenvalue weighted by atomic mass is 9.95. The second-order valence-corrected chi connectivity index (χ2v) is 6.85. The van der Waals surface area contributed by atoms with E-state index in [0.29, 0.717) is 12.0 Å². The zero-order chi connectivity index (χ0) is 16.4. The Morgan fingerprint density at radius 3 is 2.62 bits per heavy atom. The average molecular weight is 328 g/mol. The molecule has 128 valence electrons. The maximum absolute atomic E-state index is 11.7. The number of H-pyrrole nitrogens is 1.